The summed E-state index contributed by atoms with van der Waals surface area (Å²) < 4.78 is 13.4. The van der Waals surface area contributed by atoms with E-state index in [9.17, 15) is 9.59 Å². The number of amidine groups is 1. The van der Waals surface area contributed by atoms with Gasteiger partial charge < -0.3 is 29.2 Å². The second kappa shape index (κ2) is 10.5. The lowest BCUT2D eigenvalue weighted by Crippen LogP contribution is -2.48. The number of allylic oxidation sites excluding steroid dienone is 1. The molecule has 3 aliphatic rings. The van der Waals surface area contributed by atoms with Crippen LogP contribution in [0.25, 0.3) is 10.9 Å². The average molecular weight is 569 g/mol. The highest BCUT2D eigenvalue weighted by molar-refractivity contribution is 6.08. The number of quaternary nitrogens is 1. The number of rotatable bonds is 6. The van der Waals surface area contributed by atoms with E-state index in [-0.39, 0.29) is 11.8 Å². The normalized spacial score (nSPS) is 19.7. The molecule has 1 saturated heterocycles. The molecule has 42 heavy (non-hydrogen) atoms. The quantitative estimate of drug-likeness (QED) is 0.459. The first-order valence-electron chi connectivity index (χ1n) is 13.8. The van der Waals surface area contributed by atoms with Crippen LogP contribution in [0.4, 0.5) is 5.69 Å². The molecule has 3 aromatic rings. The van der Waals surface area contributed by atoms with Gasteiger partial charge in [0, 0.05) is 45.5 Å². The van der Waals surface area contributed by atoms with E-state index in [1.807, 2.05) is 71.4 Å². The zero-order valence-electron chi connectivity index (χ0n) is 24.4. The molecular weight excluding hydrogens is 534 g/mol. The Labute approximate surface area is 244 Å². The van der Waals surface area contributed by atoms with E-state index < -0.39 is 0 Å². The summed E-state index contributed by atoms with van der Waals surface area (Å²) in [6.45, 7) is 4.30. The number of methoxy groups -OCH3 is 2. The zero-order valence-corrected chi connectivity index (χ0v) is 24.4. The van der Waals surface area contributed by atoms with E-state index in [4.69, 9.17) is 14.5 Å². The van der Waals surface area contributed by atoms with Crippen molar-refractivity contribution in [1.29, 1.82) is 0 Å². The molecule has 2 amide bonds. The number of ether oxygens (including phenoxy) is 2. The highest BCUT2D eigenvalue weighted by Crippen LogP contribution is 2.37. The summed E-state index contributed by atoms with van der Waals surface area (Å²) in [5.41, 5.74) is 3.77. The Balaban J connectivity index is 1.30. The highest BCUT2D eigenvalue weighted by atomic mass is 16.5. The van der Waals surface area contributed by atoms with E-state index in [1.54, 1.807) is 27.3 Å². The van der Waals surface area contributed by atoms with Crippen LogP contribution in [0.5, 0.6) is 11.5 Å². The van der Waals surface area contributed by atoms with Crippen molar-refractivity contribution in [3.8, 4) is 11.5 Å². The number of anilines is 1. The number of carbonyl (C=O) groups is 2. The van der Waals surface area contributed by atoms with E-state index in [1.165, 1.54) is 0 Å². The molecule has 0 saturated carbocycles. The summed E-state index contributed by atoms with van der Waals surface area (Å²) in [7, 11) is 7.13. The maximum absolute atomic E-state index is 13.4. The van der Waals surface area contributed by atoms with E-state index in [2.05, 4.69) is 22.3 Å². The molecular formula is C31H34N7O4+. The molecule has 0 spiro atoms. The van der Waals surface area contributed by atoms with E-state index in [0.717, 1.165) is 33.8 Å². The van der Waals surface area contributed by atoms with Crippen LogP contribution < -0.4 is 14.8 Å². The third-order valence-corrected chi connectivity index (χ3v) is 8.26. The number of benzene rings is 2. The van der Waals surface area contributed by atoms with Crippen LogP contribution in [0.2, 0.25) is 0 Å². The van der Waals surface area contributed by atoms with Gasteiger partial charge in [0.15, 0.2) is 5.82 Å². The van der Waals surface area contributed by atoms with Crippen molar-refractivity contribution in [3.05, 3.63) is 77.6 Å². The fraction of sp³-hybridized carbons (Fsp3) is 0.290. The van der Waals surface area contributed by atoms with Gasteiger partial charge in [0.25, 0.3) is 5.91 Å². The Morgan fingerprint density at radius 1 is 1.00 bits per heavy atom. The molecule has 6 rings (SSSR count). The maximum atomic E-state index is 13.4. The van der Waals surface area contributed by atoms with E-state index >= 15 is 0 Å². The van der Waals surface area contributed by atoms with Gasteiger partial charge in [-0.1, -0.05) is 6.07 Å². The third kappa shape index (κ3) is 4.42. The van der Waals surface area contributed by atoms with Gasteiger partial charge in [0.2, 0.25) is 17.4 Å². The van der Waals surface area contributed by atoms with Gasteiger partial charge in [-0.3, -0.25) is 14.6 Å². The number of fused-ring (bicyclic) bond motifs is 2. The first-order valence-corrected chi connectivity index (χ1v) is 13.8. The largest absolute Gasteiger partial charge is 0.496 e. The first-order chi connectivity index (χ1) is 20.2. The third-order valence-electron chi connectivity index (χ3n) is 8.26. The number of nitrogens with one attached hydrogen (secondary N) is 1. The number of hydrogen-bond acceptors (Lipinski definition) is 7. The number of aliphatic imine (C=N–C) groups is 2. The van der Waals surface area contributed by atoms with Gasteiger partial charge in [-0.2, -0.15) is 4.99 Å². The lowest BCUT2D eigenvalue weighted by Gasteiger charge is -2.35. The number of aromatic nitrogens is 1. The summed E-state index contributed by atoms with van der Waals surface area (Å²) in [5.74, 6) is 2.73. The molecule has 1 atom stereocenters. The van der Waals surface area contributed by atoms with Gasteiger partial charge in [-0.15, -0.1) is 0 Å². The predicted molar refractivity (Wildman–Crippen MR) is 162 cm³/mol. The van der Waals surface area contributed by atoms with Crippen LogP contribution in [-0.4, -0.2) is 90.2 Å². The van der Waals surface area contributed by atoms with E-state index in [0.29, 0.717) is 53.5 Å². The molecule has 0 radical (unpaired) electrons. The molecule has 1 unspecified atom stereocenters. The van der Waals surface area contributed by atoms with Crippen LogP contribution in [0.15, 0.2) is 76.4 Å². The Bertz CT molecular complexity index is 1730. The smallest absolute Gasteiger partial charge is 0.272 e. The van der Waals surface area contributed by atoms with Gasteiger partial charge >= 0.3 is 0 Å². The van der Waals surface area contributed by atoms with Gasteiger partial charge in [-0.25, -0.2) is 4.48 Å². The summed E-state index contributed by atoms with van der Waals surface area (Å²) in [5, 5.41) is 3.88. The van der Waals surface area contributed by atoms with Crippen LogP contribution in [0, 0.1) is 0 Å². The highest BCUT2D eigenvalue weighted by Gasteiger charge is 2.44. The molecule has 0 bridgehead atoms. The fourth-order valence-electron chi connectivity index (χ4n) is 5.84. The molecule has 0 aliphatic carbocycles. The van der Waals surface area contributed by atoms with Crippen LogP contribution in [0.3, 0.4) is 0 Å². The maximum Gasteiger partial charge on any atom is 0.272 e. The van der Waals surface area contributed by atoms with Crippen LogP contribution >= 0.6 is 0 Å². The molecule has 4 heterocycles. The zero-order chi connectivity index (χ0) is 29.6. The Kier molecular flexibility index (Phi) is 6.82. The van der Waals surface area contributed by atoms with Crippen molar-refractivity contribution >= 4 is 40.5 Å². The predicted octanol–water partition coefficient (Wildman–Crippen LogP) is 3.54. The number of piperazine rings is 1. The number of hydrogen-bond donors (Lipinski definition) is 1. The van der Waals surface area contributed by atoms with Gasteiger partial charge in [-0.05, 0) is 36.4 Å². The van der Waals surface area contributed by atoms with Crippen molar-refractivity contribution in [3.63, 3.8) is 0 Å². The van der Waals surface area contributed by atoms with Crippen molar-refractivity contribution in [2.24, 2.45) is 17.0 Å². The number of amides is 2. The number of carbonyl (C=O) groups excluding carboxylic acids is 2. The number of aryl methyl sites for hydroxylation is 1. The molecule has 11 heteroatoms. The molecule has 1 N–H and O–H groups in total. The summed E-state index contributed by atoms with van der Waals surface area (Å²) in [4.78, 5) is 38.9. The molecule has 216 valence electrons. The minimum Gasteiger partial charge on any atom is -0.496 e. The Hall–Kier alpha value is -4.90. The average Bonchev–Trinajstić information content (AvgIpc) is 3.51. The minimum atomic E-state index is -0.259. The van der Waals surface area contributed by atoms with Crippen molar-refractivity contribution in [1.82, 2.24) is 14.4 Å². The Morgan fingerprint density at radius 3 is 2.48 bits per heavy atom. The molecule has 3 aliphatic heterocycles. The SMILES string of the molecule is COc1cc(C2=NC(N3CCN(C(C)=O)CC3)=C3C=NC=C[N+]23C)ccc1NC(=O)c1cc2c(OC)cccc2n1C. The lowest BCUT2D eigenvalue weighted by molar-refractivity contribution is -0.713. The second-order valence-electron chi connectivity index (χ2n) is 10.6. The van der Waals surface area contributed by atoms with Gasteiger partial charge in [0.05, 0.1) is 50.4 Å². The Morgan fingerprint density at radius 2 is 1.76 bits per heavy atom. The molecule has 1 fully saturated rings. The van der Waals surface area contributed by atoms with Crippen LogP contribution in [0.1, 0.15) is 23.0 Å². The van der Waals surface area contributed by atoms with Gasteiger partial charge in [0.1, 0.15) is 23.4 Å². The second-order valence-corrected chi connectivity index (χ2v) is 10.6. The van der Waals surface area contributed by atoms with Crippen molar-refractivity contribution in [2.75, 3.05) is 52.8 Å². The summed E-state index contributed by atoms with van der Waals surface area (Å²) in [6.07, 6.45) is 5.64. The topological polar surface area (TPSA) is 101 Å². The lowest BCUT2D eigenvalue weighted by atomic mass is 10.1. The monoisotopic (exact) mass is 568 g/mol. The van der Waals surface area contributed by atoms with Crippen molar-refractivity contribution in [2.45, 2.75) is 6.92 Å². The fourth-order valence-corrected chi connectivity index (χ4v) is 5.84. The minimum absolute atomic E-state index is 0.0881. The van der Waals surface area contributed by atoms with Crippen LogP contribution in [-0.2, 0) is 11.8 Å². The standard InChI is InChI=1S/C31H33N7O4/c1-20(39)36-12-14-37(15-13-36)29-26-19-32-11-16-38(26,3)30(34-29)21-9-10-23(28(17-21)42-5)33-31(40)25-18-22-24(35(25)2)7-6-8-27(22)41-4/h6-11,16-19H,12-15H2,1-5H3/p+1. The molecule has 2 aromatic carbocycles. The molecule has 11 nitrogen and oxygen atoms in total. The summed E-state index contributed by atoms with van der Waals surface area (Å²) >= 11 is 0. The molecule has 1 aromatic heterocycles. The number of nitrogens with zero attached hydrogens (tertiary/aromatic N) is 6. The van der Waals surface area contributed by atoms with Crippen molar-refractivity contribution < 1.29 is 23.5 Å². The first kappa shape index (κ1) is 27.3. The summed E-state index contributed by atoms with van der Waals surface area (Å²) in [6, 6.07) is 13.2.